The lowest BCUT2D eigenvalue weighted by Gasteiger charge is -2.02. The number of carbonyl (C=O) groups excluding carboxylic acids is 4. The van der Waals surface area contributed by atoms with Crippen LogP contribution in [-0.4, -0.2) is 36.7 Å². The SMILES string of the molecule is O=C(/C=C/C(=O)c1ccccc1)OCCOC(=O)/C=C/C(=O)c1ccccc1. The summed E-state index contributed by atoms with van der Waals surface area (Å²) < 4.78 is 9.65. The Morgan fingerprint density at radius 2 is 0.929 bits per heavy atom. The second-order valence-electron chi connectivity index (χ2n) is 5.46. The minimum atomic E-state index is -0.727. The maximum atomic E-state index is 11.8. The molecular weight excluding hydrogens is 360 g/mol. The number of carbonyl (C=O) groups is 4. The smallest absolute Gasteiger partial charge is 0.331 e. The van der Waals surface area contributed by atoms with Gasteiger partial charge in [0.2, 0.25) is 0 Å². The quantitative estimate of drug-likeness (QED) is 0.289. The molecule has 0 atom stereocenters. The van der Waals surface area contributed by atoms with Crippen molar-refractivity contribution in [3.05, 3.63) is 96.1 Å². The maximum Gasteiger partial charge on any atom is 0.331 e. The molecule has 0 fully saturated rings. The van der Waals surface area contributed by atoms with Crippen molar-refractivity contribution in [3.63, 3.8) is 0 Å². The summed E-state index contributed by atoms with van der Waals surface area (Å²) in [6, 6.07) is 17.0. The lowest BCUT2D eigenvalue weighted by atomic mass is 10.1. The fourth-order valence-corrected chi connectivity index (χ4v) is 2.07. The zero-order chi connectivity index (χ0) is 20.2. The van der Waals surface area contributed by atoms with Crippen LogP contribution in [0.1, 0.15) is 20.7 Å². The number of hydrogen-bond acceptors (Lipinski definition) is 6. The van der Waals surface area contributed by atoms with Crippen molar-refractivity contribution in [2.24, 2.45) is 0 Å². The molecule has 2 aromatic carbocycles. The van der Waals surface area contributed by atoms with Gasteiger partial charge in [0.15, 0.2) is 11.6 Å². The summed E-state index contributed by atoms with van der Waals surface area (Å²) in [4.78, 5) is 46.7. The molecule has 6 nitrogen and oxygen atoms in total. The molecule has 28 heavy (non-hydrogen) atoms. The van der Waals surface area contributed by atoms with Crippen LogP contribution in [0.4, 0.5) is 0 Å². The van der Waals surface area contributed by atoms with E-state index in [0.717, 1.165) is 24.3 Å². The highest BCUT2D eigenvalue weighted by Gasteiger charge is 2.05. The van der Waals surface area contributed by atoms with Gasteiger partial charge < -0.3 is 9.47 Å². The van der Waals surface area contributed by atoms with E-state index in [1.807, 2.05) is 0 Å². The van der Waals surface area contributed by atoms with E-state index in [2.05, 4.69) is 0 Å². The van der Waals surface area contributed by atoms with Gasteiger partial charge in [0.1, 0.15) is 13.2 Å². The first-order valence-corrected chi connectivity index (χ1v) is 8.44. The Kier molecular flexibility index (Phi) is 8.08. The summed E-state index contributed by atoms with van der Waals surface area (Å²) in [6.07, 6.45) is 4.24. The van der Waals surface area contributed by atoms with Crippen molar-refractivity contribution in [3.8, 4) is 0 Å². The lowest BCUT2D eigenvalue weighted by Crippen LogP contribution is -2.12. The number of benzene rings is 2. The van der Waals surface area contributed by atoms with Crippen molar-refractivity contribution < 1.29 is 28.7 Å². The normalized spacial score (nSPS) is 10.7. The largest absolute Gasteiger partial charge is 0.459 e. The minimum absolute atomic E-state index is 0.172. The van der Waals surface area contributed by atoms with Crippen LogP contribution in [0.3, 0.4) is 0 Å². The second-order valence-corrected chi connectivity index (χ2v) is 5.46. The zero-order valence-electron chi connectivity index (χ0n) is 14.9. The molecule has 6 heteroatoms. The topological polar surface area (TPSA) is 86.7 Å². The van der Waals surface area contributed by atoms with Gasteiger partial charge in [-0.2, -0.15) is 0 Å². The average Bonchev–Trinajstić information content (AvgIpc) is 2.74. The molecule has 0 saturated carbocycles. The van der Waals surface area contributed by atoms with Gasteiger partial charge in [0, 0.05) is 23.3 Å². The Morgan fingerprint density at radius 3 is 1.29 bits per heavy atom. The van der Waals surface area contributed by atoms with Crippen LogP contribution >= 0.6 is 0 Å². The number of hydrogen-bond donors (Lipinski definition) is 0. The Balaban J connectivity index is 1.66. The van der Waals surface area contributed by atoms with Gasteiger partial charge >= 0.3 is 11.9 Å². The molecule has 0 aliphatic carbocycles. The van der Waals surface area contributed by atoms with E-state index in [0.29, 0.717) is 11.1 Å². The first kappa shape index (κ1) is 20.5. The van der Waals surface area contributed by atoms with Crippen LogP contribution in [-0.2, 0) is 19.1 Å². The fraction of sp³-hybridized carbons (Fsp3) is 0.0909. The molecule has 0 unspecified atom stereocenters. The predicted molar refractivity (Wildman–Crippen MR) is 102 cm³/mol. The summed E-state index contributed by atoms with van der Waals surface area (Å²) >= 11 is 0. The van der Waals surface area contributed by atoms with Gasteiger partial charge in [-0.15, -0.1) is 0 Å². The first-order valence-electron chi connectivity index (χ1n) is 8.44. The Hall–Kier alpha value is -3.80. The van der Waals surface area contributed by atoms with Crippen molar-refractivity contribution in [1.82, 2.24) is 0 Å². The first-order chi connectivity index (χ1) is 13.6. The molecule has 0 heterocycles. The van der Waals surface area contributed by atoms with Crippen LogP contribution in [0, 0.1) is 0 Å². The van der Waals surface area contributed by atoms with Crippen molar-refractivity contribution >= 4 is 23.5 Å². The molecule has 0 bridgehead atoms. The molecule has 0 spiro atoms. The number of allylic oxidation sites excluding steroid dienone is 2. The van der Waals surface area contributed by atoms with Crippen LogP contribution in [0.15, 0.2) is 85.0 Å². The molecule has 2 rings (SSSR count). The third kappa shape index (κ3) is 7.21. The highest BCUT2D eigenvalue weighted by Crippen LogP contribution is 2.02. The molecule has 0 N–H and O–H groups in total. The summed E-state index contributed by atoms with van der Waals surface area (Å²) in [7, 11) is 0. The molecule has 142 valence electrons. The number of rotatable bonds is 9. The van der Waals surface area contributed by atoms with Gasteiger partial charge in [0.05, 0.1) is 0 Å². The Bertz CT molecular complexity index is 806. The third-order valence-electron chi connectivity index (χ3n) is 3.43. The molecule has 0 aliphatic rings. The van der Waals surface area contributed by atoms with Crippen molar-refractivity contribution in [1.29, 1.82) is 0 Å². The molecule has 0 aliphatic heterocycles. The molecule has 0 aromatic heterocycles. The van der Waals surface area contributed by atoms with Crippen molar-refractivity contribution in [2.45, 2.75) is 0 Å². The summed E-state index contributed by atoms with van der Waals surface area (Å²) in [6.45, 7) is -0.343. The van der Waals surface area contributed by atoms with E-state index in [1.54, 1.807) is 60.7 Å². The summed E-state index contributed by atoms with van der Waals surface area (Å²) in [5.74, 6) is -2.10. The predicted octanol–water partition coefficient (Wildman–Crippen LogP) is 2.95. The van der Waals surface area contributed by atoms with Gasteiger partial charge in [-0.25, -0.2) is 9.59 Å². The maximum absolute atomic E-state index is 11.8. The van der Waals surface area contributed by atoms with E-state index in [1.165, 1.54) is 0 Å². The van der Waals surface area contributed by atoms with E-state index >= 15 is 0 Å². The van der Waals surface area contributed by atoms with E-state index in [-0.39, 0.29) is 24.8 Å². The van der Waals surface area contributed by atoms with E-state index in [9.17, 15) is 19.2 Å². The summed E-state index contributed by atoms with van der Waals surface area (Å²) in [5, 5.41) is 0. The highest BCUT2D eigenvalue weighted by molar-refractivity contribution is 6.07. The highest BCUT2D eigenvalue weighted by atomic mass is 16.6. The fourth-order valence-electron chi connectivity index (χ4n) is 2.07. The monoisotopic (exact) mass is 378 g/mol. The number of esters is 2. The van der Waals surface area contributed by atoms with Crippen molar-refractivity contribution in [2.75, 3.05) is 13.2 Å². The molecule has 2 aromatic rings. The zero-order valence-corrected chi connectivity index (χ0v) is 14.9. The van der Waals surface area contributed by atoms with Crippen LogP contribution < -0.4 is 0 Å². The van der Waals surface area contributed by atoms with Crippen LogP contribution in [0.5, 0.6) is 0 Å². The lowest BCUT2D eigenvalue weighted by molar-refractivity contribution is -0.146. The van der Waals surface area contributed by atoms with Crippen LogP contribution in [0.2, 0.25) is 0 Å². The van der Waals surface area contributed by atoms with Gasteiger partial charge in [-0.1, -0.05) is 60.7 Å². The van der Waals surface area contributed by atoms with E-state index in [4.69, 9.17) is 9.47 Å². The number of ketones is 2. The Morgan fingerprint density at radius 1 is 0.571 bits per heavy atom. The van der Waals surface area contributed by atoms with E-state index < -0.39 is 11.9 Å². The Labute approximate surface area is 162 Å². The molecule has 0 radical (unpaired) electrons. The second kappa shape index (κ2) is 11.0. The molecule has 0 saturated heterocycles. The third-order valence-corrected chi connectivity index (χ3v) is 3.43. The summed E-state index contributed by atoms with van der Waals surface area (Å²) in [5.41, 5.74) is 0.912. The van der Waals surface area contributed by atoms with Gasteiger partial charge in [0.25, 0.3) is 0 Å². The van der Waals surface area contributed by atoms with Crippen LogP contribution in [0.25, 0.3) is 0 Å². The van der Waals surface area contributed by atoms with Gasteiger partial charge in [-0.05, 0) is 12.2 Å². The molecular formula is C22H18O6. The number of ether oxygens (including phenoxy) is 2. The van der Waals surface area contributed by atoms with Gasteiger partial charge in [-0.3, -0.25) is 9.59 Å². The molecule has 0 amide bonds. The standard InChI is InChI=1S/C22H18O6/c23-19(17-7-3-1-4-8-17)11-13-21(25)27-15-16-28-22(26)14-12-20(24)18-9-5-2-6-10-18/h1-14H,15-16H2/b13-11+,14-12+. The average molecular weight is 378 g/mol. The minimum Gasteiger partial charge on any atom is -0.459 e.